The number of aromatic nitrogens is 2. The second-order valence-corrected chi connectivity index (χ2v) is 5.51. The summed E-state index contributed by atoms with van der Waals surface area (Å²) in [5.41, 5.74) is 1.18. The third-order valence-corrected chi connectivity index (χ3v) is 4.03. The van der Waals surface area contributed by atoms with E-state index >= 15 is 0 Å². The van der Waals surface area contributed by atoms with Crippen LogP contribution in [0.15, 0.2) is 42.7 Å². The molecule has 0 unspecified atom stereocenters. The lowest BCUT2D eigenvalue weighted by molar-refractivity contribution is 0.325. The molecule has 1 fully saturated rings. The number of anilines is 1. The van der Waals surface area contributed by atoms with E-state index in [1.807, 2.05) is 37.4 Å². The van der Waals surface area contributed by atoms with Crippen molar-refractivity contribution >= 4 is 5.82 Å². The summed E-state index contributed by atoms with van der Waals surface area (Å²) in [4.78, 5) is 10.9. The van der Waals surface area contributed by atoms with Gasteiger partial charge in [-0.25, -0.2) is 9.97 Å². The topological polar surface area (TPSA) is 38.2 Å². The van der Waals surface area contributed by atoms with Crippen LogP contribution in [0.5, 0.6) is 5.75 Å². The van der Waals surface area contributed by atoms with Gasteiger partial charge >= 0.3 is 0 Å². The van der Waals surface area contributed by atoms with Gasteiger partial charge in [0.15, 0.2) is 0 Å². The molecular formula is C17H21N3O. The van der Waals surface area contributed by atoms with Gasteiger partial charge in [-0.05, 0) is 25.0 Å². The van der Waals surface area contributed by atoms with Crippen molar-refractivity contribution in [1.82, 2.24) is 9.97 Å². The molecule has 110 valence electrons. The summed E-state index contributed by atoms with van der Waals surface area (Å²) in [6, 6.07) is 12.0. The molecular weight excluding hydrogens is 262 g/mol. The molecule has 2 aromatic rings. The predicted octanol–water partition coefficient (Wildman–Crippen LogP) is 3.26. The maximum atomic E-state index is 5.72. The lowest BCUT2D eigenvalue weighted by Crippen LogP contribution is -2.25. The SMILES string of the molecule is CN(CCOc1ccccc1)c1cc(C2CCC2)ncn1. The van der Waals surface area contributed by atoms with E-state index in [2.05, 4.69) is 20.9 Å². The number of nitrogens with zero attached hydrogens (tertiary/aromatic N) is 3. The van der Waals surface area contributed by atoms with Crippen molar-refractivity contribution in [3.8, 4) is 5.75 Å². The molecule has 1 aromatic carbocycles. The molecule has 3 rings (SSSR count). The lowest BCUT2D eigenvalue weighted by atomic mass is 9.83. The smallest absolute Gasteiger partial charge is 0.132 e. The lowest BCUT2D eigenvalue weighted by Gasteiger charge is -2.26. The summed E-state index contributed by atoms with van der Waals surface area (Å²) in [5.74, 6) is 2.52. The number of para-hydroxylation sites is 1. The van der Waals surface area contributed by atoms with Gasteiger partial charge in [-0.1, -0.05) is 24.6 Å². The van der Waals surface area contributed by atoms with E-state index in [9.17, 15) is 0 Å². The van der Waals surface area contributed by atoms with Crippen molar-refractivity contribution in [3.63, 3.8) is 0 Å². The highest BCUT2D eigenvalue weighted by Gasteiger charge is 2.21. The molecule has 0 N–H and O–H groups in total. The van der Waals surface area contributed by atoms with Crippen LogP contribution >= 0.6 is 0 Å². The van der Waals surface area contributed by atoms with Crippen LogP contribution in [0.3, 0.4) is 0 Å². The van der Waals surface area contributed by atoms with Crippen molar-refractivity contribution in [2.75, 3.05) is 25.1 Å². The van der Waals surface area contributed by atoms with Crippen molar-refractivity contribution in [3.05, 3.63) is 48.4 Å². The Hall–Kier alpha value is -2.10. The van der Waals surface area contributed by atoms with Gasteiger partial charge in [0.05, 0.1) is 6.54 Å². The van der Waals surface area contributed by atoms with Crippen LogP contribution in [0, 0.1) is 0 Å². The molecule has 4 nitrogen and oxygen atoms in total. The predicted molar refractivity (Wildman–Crippen MR) is 83.8 cm³/mol. The Balaban J connectivity index is 1.54. The Morgan fingerprint density at radius 3 is 2.71 bits per heavy atom. The molecule has 0 atom stereocenters. The Morgan fingerprint density at radius 1 is 1.19 bits per heavy atom. The van der Waals surface area contributed by atoms with Crippen molar-refractivity contribution in [2.45, 2.75) is 25.2 Å². The van der Waals surface area contributed by atoms with Crippen LogP contribution in [0.1, 0.15) is 30.9 Å². The molecule has 0 aliphatic heterocycles. The Bertz CT molecular complexity index is 569. The number of likely N-dealkylation sites (N-methyl/N-ethyl adjacent to an activating group) is 1. The highest BCUT2D eigenvalue weighted by Crippen LogP contribution is 2.35. The maximum Gasteiger partial charge on any atom is 0.132 e. The molecule has 1 saturated carbocycles. The fraction of sp³-hybridized carbons (Fsp3) is 0.412. The average molecular weight is 283 g/mol. The molecule has 1 aliphatic carbocycles. The molecule has 4 heteroatoms. The van der Waals surface area contributed by atoms with Gasteiger partial charge in [-0.3, -0.25) is 0 Å². The maximum absolute atomic E-state index is 5.72. The van der Waals surface area contributed by atoms with Crippen molar-refractivity contribution in [1.29, 1.82) is 0 Å². The van der Waals surface area contributed by atoms with Gasteiger partial charge in [0.1, 0.15) is 24.5 Å². The summed E-state index contributed by atoms with van der Waals surface area (Å²) < 4.78 is 5.72. The number of hydrogen-bond acceptors (Lipinski definition) is 4. The third kappa shape index (κ3) is 3.51. The number of ether oxygens (including phenoxy) is 1. The van der Waals surface area contributed by atoms with Gasteiger partial charge in [0.2, 0.25) is 0 Å². The van der Waals surface area contributed by atoms with Crippen LogP contribution in [-0.4, -0.2) is 30.2 Å². The number of rotatable bonds is 6. The van der Waals surface area contributed by atoms with Gasteiger partial charge in [0.25, 0.3) is 0 Å². The normalized spacial score (nSPS) is 14.5. The standard InChI is InChI=1S/C17H21N3O/c1-20(10-11-21-15-8-3-2-4-9-15)17-12-16(18-13-19-17)14-6-5-7-14/h2-4,8-9,12-14H,5-7,10-11H2,1H3. The summed E-state index contributed by atoms with van der Waals surface area (Å²) in [6.45, 7) is 1.44. The molecule has 0 saturated heterocycles. The zero-order chi connectivity index (χ0) is 14.5. The van der Waals surface area contributed by atoms with E-state index in [1.165, 1.54) is 25.0 Å². The fourth-order valence-corrected chi connectivity index (χ4v) is 2.43. The molecule has 0 radical (unpaired) electrons. The first-order valence-corrected chi connectivity index (χ1v) is 7.54. The van der Waals surface area contributed by atoms with E-state index in [1.54, 1.807) is 6.33 Å². The zero-order valence-corrected chi connectivity index (χ0v) is 12.4. The fourth-order valence-electron chi connectivity index (χ4n) is 2.43. The van der Waals surface area contributed by atoms with Gasteiger partial charge in [0, 0.05) is 24.7 Å². The third-order valence-electron chi connectivity index (χ3n) is 4.03. The van der Waals surface area contributed by atoms with E-state index < -0.39 is 0 Å². The second kappa shape index (κ2) is 6.57. The molecule has 0 bridgehead atoms. The average Bonchev–Trinajstić information content (AvgIpc) is 2.47. The summed E-state index contributed by atoms with van der Waals surface area (Å²) in [7, 11) is 2.04. The minimum absolute atomic E-state index is 0.640. The quantitative estimate of drug-likeness (QED) is 0.815. The Morgan fingerprint density at radius 2 is 2.00 bits per heavy atom. The van der Waals surface area contributed by atoms with Crippen LogP contribution in [0.2, 0.25) is 0 Å². The highest BCUT2D eigenvalue weighted by atomic mass is 16.5. The van der Waals surface area contributed by atoms with Crippen LogP contribution in [0.4, 0.5) is 5.82 Å². The largest absolute Gasteiger partial charge is 0.492 e. The first-order chi connectivity index (χ1) is 10.3. The Labute approximate surface area is 125 Å². The molecule has 0 amide bonds. The van der Waals surface area contributed by atoms with Gasteiger partial charge in [-0.2, -0.15) is 0 Å². The molecule has 1 heterocycles. The van der Waals surface area contributed by atoms with Crippen LogP contribution < -0.4 is 9.64 Å². The van der Waals surface area contributed by atoms with Crippen LogP contribution in [-0.2, 0) is 0 Å². The molecule has 21 heavy (non-hydrogen) atoms. The number of benzene rings is 1. The first kappa shape index (κ1) is 13.9. The van der Waals surface area contributed by atoms with Crippen molar-refractivity contribution in [2.24, 2.45) is 0 Å². The minimum atomic E-state index is 0.640. The van der Waals surface area contributed by atoms with E-state index in [-0.39, 0.29) is 0 Å². The van der Waals surface area contributed by atoms with Gasteiger partial charge in [-0.15, -0.1) is 0 Å². The first-order valence-electron chi connectivity index (χ1n) is 7.54. The summed E-state index contributed by atoms with van der Waals surface area (Å²) >= 11 is 0. The summed E-state index contributed by atoms with van der Waals surface area (Å²) in [5, 5.41) is 0. The van der Waals surface area contributed by atoms with Gasteiger partial charge < -0.3 is 9.64 Å². The number of hydrogen-bond donors (Lipinski definition) is 0. The molecule has 1 aromatic heterocycles. The Kier molecular flexibility index (Phi) is 4.34. The van der Waals surface area contributed by atoms with E-state index in [4.69, 9.17) is 4.74 Å². The second-order valence-electron chi connectivity index (χ2n) is 5.51. The monoisotopic (exact) mass is 283 g/mol. The highest BCUT2D eigenvalue weighted by molar-refractivity contribution is 5.39. The van der Waals surface area contributed by atoms with E-state index in [0.717, 1.165) is 18.1 Å². The molecule has 1 aliphatic rings. The van der Waals surface area contributed by atoms with Crippen molar-refractivity contribution < 1.29 is 4.74 Å². The minimum Gasteiger partial charge on any atom is -0.492 e. The molecule has 0 spiro atoms. The van der Waals surface area contributed by atoms with Crippen LogP contribution in [0.25, 0.3) is 0 Å². The van der Waals surface area contributed by atoms with E-state index in [0.29, 0.717) is 12.5 Å². The summed E-state index contributed by atoms with van der Waals surface area (Å²) in [6.07, 6.45) is 5.52. The zero-order valence-electron chi connectivity index (χ0n) is 12.4.